The van der Waals surface area contributed by atoms with Crippen molar-refractivity contribution in [3.63, 3.8) is 0 Å². The van der Waals surface area contributed by atoms with Crippen LogP contribution in [-0.4, -0.2) is 53.7 Å². The highest BCUT2D eigenvalue weighted by atomic mass is 19.1. The Kier molecular flexibility index (Phi) is 5.69. The molecular formula is C25H29FN4O2. The van der Waals surface area contributed by atoms with Gasteiger partial charge in [0.1, 0.15) is 11.6 Å². The van der Waals surface area contributed by atoms with Gasteiger partial charge in [0, 0.05) is 30.3 Å². The molecule has 6 nitrogen and oxygen atoms in total. The van der Waals surface area contributed by atoms with Gasteiger partial charge in [-0.3, -0.25) is 9.80 Å². The van der Waals surface area contributed by atoms with E-state index in [-0.39, 0.29) is 17.3 Å². The van der Waals surface area contributed by atoms with Gasteiger partial charge in [0.25, 0.3) is 5.89 Å². The van der Waals surface area contributed by atoms with Crippen LogP contribution in [0, 0.1) is 11.2 Å². The first-order valence-electron chi connectivity index (χ1n) is 11.2. The van der Waals surface area contributed by atoms with Crippen LogP contribution in [0.15, 0.2) is 53.1 Å². The van der Waals surface area contributed by atoms with E-state index in [1.165, 1.54) is 6.07 Å². The van der Waals surface area contributed by atoms with E-state index >= 15 is 0 Å². The van der Waals surface area contributed by atoms with Gasteiger partial charge >= 0.3 is 0 Å². The van der Waals surface area contributed by atoms with Gasteiger partial charge in [0.15, 0.2) is 5.82 Å². The maximum Gasteiger partial charge on any atom is 0.257 e. The highest BCUT2D eigenvalue weighted by Crippen LogP contribution is 2.48. The minimum Gasteiger partial charge on any atom is -0.497 e. The number of nitrogens with zero attached hydrogens (tertiary/aromatic N) is 4. The summed E-state index contributed by atoms with van der Waals surface area (Å²) in [5.74, 6) is 1.70. The Morgan fingerprint density at radius 3 is 2.66 bits per heavy atom. The van der Waals surface area contributed by atoms with Crippen molar-refractivity contribution >= 4 is 0 Å². The third-order valence-electron chi connectivity index (χ3n) is 7.07. The summed E-state index contributed by atoms with van der Waals surface area (Å²) in [6.07, 6.45) is 3.21. The van der Waals surface area contributed by atoms with Gasteiger partial charge in [-0.05, 0) is 63.0 Å². The number of halogens is 1. The summed E-state index contributed by atoms with van der Waals surface area (Å²) in [6.45, 7) is 3.59. The van der Waals surface area contributed by atoms with Gasteiger partial charge in [-0.2, -0.15) is 4.98 Å². The van der Waals surface area contributed by atoms with Gasteiger partial charge in [-0.25, -0.2) is 4.39 Å². The second-order valence-electron chi connectivity index (χ2n) is 9.19. The van der Waals surface area contributed by atoms with Crippen LogP contribution in [0.2, 0.25) is 0 Å². The average Bonchev–Trinajstić information content (AvgIpc) is 3.42. The second-order valence-corrected chi connectivity index (χ2v) is 9.19. The maximum absolute atomic E-state index is 14.4. The summed E-state index contributed by atoms with van der Waals surface area (Å²) in [5, 5.41) is 4.31. The molecule has 2 aromatic carbocycles. The van der Waals surface area contributed by atoms with E-state index in [1.807, 2.05) is 42.5 Å². The van der Waals surface area contributed by atoms with E-state index in [4.69, 9.17) is 14.2 Å². The third kappa shape index (κ3) is 4.14. The SMILES string of the molecule is COc1ccc(CN2CCC3(CC2)CC(c2noc(-c4ccccc4)n2)N(C)C3)c(F)c1. The second kappa shape index (κ2) is 8.64. The first-order chi connectivity index (χ1) is 15.5. The third-order valence-corrected chi connectivity index (χ3v) is 7.07. The van der Waals surface area contributed by atoms with Crippen LogP contribution in [0.25, 0.3) is 11.5 Å². The quantitative estimate of drug-likeness (QED) is 0.585. The number of aromatic nitrogens is 2. The zero-order valence-corrected chi connectivity index (χ0v) is 18.6. The van der Waals surface area contributed by atoms with Crippen LogP contribution in [0.4, 0.5) is 4.39 Å². The molecule has 1 spiro atoms. The molecule has 0 radical (unpaired) electrons. The van der Waals surface area contributed by atoms with Gasteiger partial charge in [0.05, 0.1) is 13.2 Å². The monoisotopic (exact) mass is 436 g/mol. The van der Waals surface area contributed by atoms with Crippen molar-refractivity contribution in [2.24, 2.45) is 5.41 Å². The molecule has 1 atom stereocenters. The largest absolute Gasteiger partial charge is 0.497 e. The molecule has 3 aromatic rings. The van der Waals surface area contributed by atoms with Gasteiger partial charge in [-0.15, -0.1) is 0 Å². The average molecular weight is 437 g/mol. The van der Waals surface area contributed by atoms with Crippen LogP contribution in [0.5, 0.6) is 5.75 Å². The van der Waals surface area contributed by atoms with Crippen LogP contribution in [-0.2, 0) is 6.54 Å². The molecule has 0 amide bonds. The molecular weight excluding hydrogens is 407 g/mol. The molecule has 3 heterocycles. The Balaban J connectivity index is 1.22. The number of likely N-dealkylation sites (tertiary alicyclic amines) is 2. The maximum atomic E-state index is 14.4. The lowest BCUT2D eigenvalue weighted by Gasteiger charge is -2.39. The molecule has 2 saturated heterocycles. The van der Waals surface area contributed by atoms with Crippen molar-refractivity contribution in [3.8, 4) is 17.2 Å². The lowest BCUT2D eigenvalue weighted by molar-refractivity contribution is 0.105. The lowest BCUT2D eigenvalue weighted by atomic mass is 9.76. The Labute approximate surface area is 188 Å². The number of hydrogen-bond donors (Lipinski definition) is 0. The number of benzene rings is 2. The molecule has 168 valence electrons. The highest BCUT2D eigenvalue weighted by molar-refractivity contribution is 5.52. The van der Waals surface area contributed by atoms with E-state index in [0.717, 1.165) is 55.8 Å². The summed E-state index contributed by atoms with van der Waals surface area (Å²) in [7, 11) is 3.71. The van der Waals surface area contributed by atoms with E-state index in [2.05, 4.69) is 22.0 Å². The molecule has 2 aliphatic rings. The molecule has 7 heteroatoms. The highest BCUT2D eigenvalue weighted by Gasteiger charge is 2.46. The van der Waals surface area contributed by atoms with Crippen molar-refractivity contribution in [3.05, 3.63) is 65.7 Å². The fourth-order valence-corrected chi connectivity index (χ4v) is 5.20. The van der Waals surface area contributed by atoms with Crippen molar-refractivity contribution in [1.29, 1.82) is 0 Å². The normalized spacial score (nSPS) is 21.3. The van der Waals surface area contributed by atoms with Crippen molar-refractivity contribution in [2.75, 3.05) is 33.8 Å². The van der Waals surface area contributed by atoms with E-state index in [1.54, 1.807) is 7.11 Å². The minimum absolute atomic E-state index is 0.168. The van der Waals surface area contributed by atoms with Crippen LogP contribution in [0.1, 0.15) is 36.7 Å². The zero-order valence-electron chi connectivity index (χ0n) is 18.6. The van der Waals surface area contributed by atoms with Crippen molar-refractivity contribution < 1.29 is 13.7 Å². The number of methoxy groups -OCH3 is 1. The summed E-state index contributed by atoms with van der Waals surface area (Å²) in [6, 6.07) is 15.2. The van der Waals surface area contributed by atoms with E-state index < -0.39 is 0 Å². The molecule has 5 rings (SSSR count). The summed E-state index contributed by atoms with van der Waals surface area (Å²) >= 11 is 0. The molecule has 0 bridgehead atoms. The standard InChI is InChI=1S/C25H29FN4O2/c1-29-17-25(15-22(29)23-27-24(32-28-23)18-6-4-3-5-7-18)10-12-30(13-11-25)16-19-8-9-20(31-2)14-21(19)26/h3-9,14,22H,10-13,15-17H2,1-2H3. The Morgan fingerprint density at radius 2 is 1.94 bits per heavy atom. The van der Waals surface area contributed by atoms with Gasteiger partial charge < -0.3 is 9.26 Å². The molecule has 0 aliphatic carbocycles. The number of ether oxygens (including phenoxy) is 1. The van der Waals surface area contributed by atoms with Crippen LogP contribution >= 0.6 is 0 Å². The summed E-state index contributed by atoms with van der Waals surface area (Å²) < 4.78 is 25.0. The lowest BCUT2D eigenvalue weighted by Crippen LogP contribution is -2.41. The fourth-order valence-electron chi connectivity index (χ4n) is 5.20. The smallest absolute Gasteiger partial charge is 0.257 e. The van der Waals surface area contributed by atoms with Crippen molar-refractivity contribution in [2.45, 2.75) is 31.8 Å². The van der Waals surface area contributed by atoms with Gasteiger partial charge in [-0.1, -0.05) is 29.4 Å². The topological polar surface area (TPSA) is 54.6 Å². The zero-order chi connectivity index (χ0) is 22.1. The molecule has 0 saturated carbocycles. The predicted octanol–water partition coefficient (Wildman–Crippen LogP) is 4.54. The number of rotatable bonds is 5. The van der Waals surface area contributed by atoms with E-state index in [0.29, 0.717) is 18.2 Å². The Morgan fingerprint density at radius 1 is 1.16 bits per heavy atom. The molecule has 32 heavy (non-hydrogen) atoms. The fraction of sp³-hybridized carbons (Fsp3) is 0.440. The Bertz CT molecular complexity index is 1060. The molecule has 2 aliphatic heterocycles. The Hall–Kier alpha value is -2.77. The van der Waals surface area contributed by atoms with Gasteiger partial charge in [0.2, 0.25) is 0 Å². The molecule has 1 aromatic heterocycles. The number of piperidine rings is 1. The van der Waals surface area contributed by atoms with Crippen LogP contribution in [0.3, 0.4) is 0 Å². The molecule has 2 fully saturated rings. The van der Waals surface area contributed by atoms with E-state index in [9.17, 15) is 4.39 Å². The van der Waals surface area contributed by atoms with Crippen molar-refractivity contribution in [1.82, 2.24) is 19.9 Å². The first-order valence-corrected chi connectivity index (χ1v) is 11.2. The predicted molar refractivity (Wildman–Crippen MR) is 120 cm³/mol. The summed E-state index contributed by atoms with van der Waals surface area (Å²) in [4.78, 5) is 9.42. The molecule has 0 N–H and O–H groups in total. The van der Waals surface area contributed by atoms with Crippen LogP contribution < -0.4 is 4.74 Å². The minimum atomic E-state index is -0.198. The molecule has 1 unspecified atom stereocenters. The number of hydrogen-bond acceptors (Lipinski definition) is 6. The first kappa shape index (κ1) is 21.1. The summed E-state index contributed by atoms with van der Waals surface area (Å²) in [5.41, 5.74) is 1.92.